The minimum Gasteiger partial charge on any atom is -0.478 e. The van der Waals surface area contributed by atoms with Gasteiger partial charge in [0.15, 0.2) is 0 Å². The number of aromatic carboxylic acids is 1. The van der Waals surface area contributed by atoms with Crippen molar-refractivity contribution in [1.29, 1.82) is 0 Å². The van der Waals surface area contributed by atoms with Gasteiger partial charge in [0.2, 0.25) is 0 Å². The number of hydrogen-bond acceptors (Lipinski definition) is 6. The van der Waals surface area contributed by atoms with Crippen molar-refractivity contribution in [2.24, 2.45) is 0 Å². The Balaban J connectivity index is 3.04. The highest BCUT2D eigenvalue weighted by Gasteiger charge is 2.34. The molecule has 1 aromatic carbocycles. The van der Waals surface area contributed by atoms with Crippen molar-refractivity contribution in [2.75, 3.05) is 0 Å². The number of aliphatic hydroxyl groups is 1. The quantitative estimate of drug-likeness (QED) is 0.464. The van der Waals surface area contributed by atoms with Gasteiger partial charge < -0.3 is 19.7 Å². The van der Waals surface area contributed by atoms with Crippen LogP contribution in [0.4, 0.5) is 0 Å². The van der Waals surface area contributed by atoms with E-state index in [2.05, 4.69) is 6.58 Å². The monoisotopic (exact) mass is 308 g/mol. The van der Waals surface area contributed by atoms with E-state index in [0.29, 0.717) is 0 Å². The van der Waals surface area contributed by atoms with E-state index in [0.717, 1.165) is 6.08 Å². The topological polar surface area (TPSA) is 110 Å². The van der Waals surface area contributed by atoms with Crippen LogP contribution in [-0.2, 0) is 14.3 Å². The lowest BCUT2D eigenvalue weighted by Crippen LogP contribution is -2.43. The van der Waals surface area contributed by atoms with Crippen LogP contribution in [0.15, 0.2) is 36.9 Å². The fourth-order valence-electron chi connectivity index (χ4n) is 1.47. The van der Waals surface area contributed by atoms with Crippen LogP contribution in [0, 0.1) is 0 Å². The average Bonchev–Trinajstić information content (AvgIpc) is 2.45. The molecule has 1 rings (SSSR count). The van der Waals surface area contributed by atoms with Gasteiger partial charge in [0.05, 0.1) is 11.1 Å². The number of ether oxygens (including phenoxy) is 2. The summed E-state index contributed by atoms with van der Waals surface area (Å²) in [4.78, 5) is 34.4. The number of hydrogen-bond donors (Lipinski definition) is 2. The molecule has 1 unspecified atom stereocenters. The number of benzene rings is 1. The van der Waals surface area contributed by atoms with Gasteiger partial charge in [-0.3, -0.25) is 0 Å². The van der Waals surface area contributed by atoms with Gasteiger partial charge in [-0.2, -0.15) is 0 Å². The molecule has 0 aliphatic carbocycles. The molecule has 1 atom stereocenters. The summed E-state index contributed by atoms with van der Waals surface area (Å²) in [5, 5.41) is 18.9. The Morgan fingerprint density at radius 2 is 1.73 bits per heavy atom. The van der Waals surface area contributed by atoms with Crippen molar-refractivity contribution in [3.63, 3.8) is 0 Å². The molecular formula is C15H16O7. The smallest absolute Gasteiger partial charge is 0.342 e. The lowest BCUT2D eigenvalue weighted by atomic mass is 10.1. The molecule has 0 saturated heterocycles. The zero-order chi connectivity index (χ0) is 16.9. The lowest BCUT2D eigenvalue weighted by Gasteiger charge is -2.27. The molecule has 0 radical (unpaired) electrons. The van der Waals surface area contributed by atoms with Gasteiger partial charge in [0.25, 0.3) is 6.29 Å². The number of carboxylic acid groups (broad SMARTS) is 1. The lowest BCUT2D eigenvalue weighted by molar-refractivity contribution is -0.202. The summed E-state index contributed by atoms with van der Waals surface area (Å²) >= 11 is 0. The van der Waals surface area contributed by atoms with Crippen LogP contribution < -0.4 is 0 Å². The first-order valence-corrected chi connectivity index (χ1v) is 6.25. The molecule has 7 nitrogen and oxygen atoms in total. The van der Waals surface area contributed by atoms with Gasteiger partial charge in [0, 0.05) is 6.08 Å². The number of carboxylic acids is 1. The fourth-order valence-corrected chi connectivity index (χ4v) is 1.47. The SMILES string of the molecule is C=CC(=O)OC(OC(=O)c1ccccc1C(=O)O)C(C)(C)O. The summed E-state index contributed by atoms with van der Waals surface area (Å²) < 4.78 is 9.68. The van der Waals surface area contributed by atoms with E-state index in [1.165, 1.54) is 38.1 Å². The summed E-state index contributed by atoms with van der Waals surface area (Å²) in [5.41, 5.74) is -2.18. The van der Waals surface area contributed by atoms with E-state index in [1.54, 1.807) is 0 Å². The van der Waals surface area contributed by atoms with Crippen LogP contribution in [0.3, 0.4) is 0 Å². The van der Waals surface area contributed by atoms with Crippen LogP contribution in [0.1, 0.15) is 34.6 Å². The zero-order valence-electron chi connectivity index (χ0n) is 12.1. The molecule has 7 heteroatoms. The molecular weight excluding hydrogens is 292 g/mol. The molecule has 0 aromatic heterocycles. The van der Waals surface area contributed by atoms with Crippen molar-refractivity contribution >= 4 is 17.9 Å². The Morgan fingerprint density at radius 1 is 1.18 bits per heavy atom. The van der Waals surface area contributed by atoms with Crippen molar-refractivity contribution in [1.82, 2.24) is 0 Å². The predicted octanol–water partition coefficient (Wildman–Crippen LogP) is 1.37. The summed E-state index contributed by atoms with van der Waals surface area (Å²) in [6.07, 6.45) is -0.773. The largest absolute Gasteiger partial charge is 0.478 e. The van der Waals surface area contributed by atoms with Gasteiger partial charge in [-0.05, 0) is 26.0 Å². The molecule has 22 heavy (non-hydrogen) atoms. The first kappa shape index (κ1) is 17.4. The number of carbonyl (C=O) groups excluding carboxylic acids is 2. The van der Waals surface area contributed by atoms with Crippen LogP contribution >= 0.6 is 0 Å². The molecule has 0 bridgehead atoms. The van der Waals surface area contributed by atoms with E-state index in [-0.39, 0.29) is 11.1 Å². The molecule has 0 fully saturated rings. The molecule has 2 N–H and O–H groups in total. The van der Waals surface area contributed by atoms with E-state index < -0.39 is 29.8 Å². The number of carbonyl (C=O) groups is 3. The van der Waals surface area contributed by atoms with Crippen LogP contribution in [0.5, 0.6) is 0 Å². The van der Waals surface area contributed by atoms with Gasteiger partial charge in [-0.25, -0.2) is 14.4 Å². The zero-order valence-corrected chi connectivity index (χ0v) is 12.1. The second kappa shape index (κ2) is 6.86. The Labute approximate surface area is 126 Å². The average molecular weight is 308 g/mol. The Morgan fingerprint density at radius 3 is 2.18 bits per heavy atom. The van der Waals surface area contributed by atoms with Gasteiger partial charge in [-0.15, -0.1) is 0 Å². The van der Waals surface area contributed by atoms with Crippen LogP contribution in [0.25, 0.3) is 0 Å². The third kappa shape index (κ3) is 4.42. The first-order valence-electron chi connectivity index (χ1n) is 6.25. The molecule has 0 amide bonds. The molecule has 1 aromatic rings. The highest BCUT2D eigenvalue weighted by molar-refractivity contribution is 6.02. The van der Waals surface area contributed by atoms with E-state index in [1.807, 2.05) is 0 Å². The Hall–Kier alpha value is -2.67. The second-order valence-electron chi connectivity index (χ2n) is 4.88. The molecule has 118 valence electrons. The summed E-state index contributed by atoms with van der Waals surface area (Å²) in [5.74, 6) is -3.25. The molecule has 0 aliphatic rings. The van der Waals surface area contributed by atoms with E-state index in [9.17, 15) is 19.5 Å². The van der Waals surface area contributed by atoms with Crippen molar-refractivity contribution in [3.05, 3.63) is 48.0 Å². The highest BCUT2D eigenvalue weighted by atomic mass is 16.7. The van der Waals surface area contributed by atoms with Crippen LogP contribution in [-0.4, -0.2) is 40.0 Å². The summed E-state index contributed by atoms with van der Waals surface area (Å²) in [6.45, 7) is 5.73. The number of esters is 2. The van der Waals surface area contributed by atoms with Crippen molar-refractivity contribution < 1.29 is 34.1 Å². The predicted molar refractivity (Wildman–Crippen MR) is 75.2 cm³/mol. The first-order chi connectivity index (χ1) is 10.2. The minimum absolute atomic E-state index is 0.223. The Bertz CT molecular complexity index is 598. The van der Waals surface area contributed by atoms with Crippen molar-refractivity contribution in [3.8, 4) is 0 Å². The van der Waals surface area contributed by atoms with Crippen LogP contribution in [0.2, 0.25) is 0 Å². The maximum absolute atomic E-state index is 12.1. The molecule has 0 heterocycles. The highest BCUT2D eigenvalue weighted by Crippen LogP contribution is 2.18. The molecule has 0 aliphatic heterocycles. The van der Waals surface area contributed by atoms with E-state index in [4.69, 9.17) is 14.6 Å². The van der Waals surface area contributed by atoms with Gasteiger partial charge in [0.1, 0.15) is 5.60 Å². The normalized spacial score (nSPS) is 12.1. The standard InChI is InChI=1S/C15H16O7/c1-4-11(16)21-14(15(2,3)20)22-13(19)10-8-6-5-7-9(10)12(17)18/h4-8,14,20H,1H2,2-3H3,(H,17,18). The van der Waals surface area contributed by atoms with Gasteiger partial charge in [-0.1, -0.05) is 18.7 Å². The van der Waals surface area contributed by atoms with Crippen molar-refractivity contribution in [2.45, 2.75) is 25.7 Å². The maximum atomic E-state index is 12.1. The van der Waals surface area contributed by atoms with Gasteiger partial charge >= 0.3 is 17.9 Å². The maximum Gasteiger partial charge on any atom is 0.342 e. The summed E-state index contributed by atoms with van der Waals surface area (Å²) in [7, 11) is 0. The second-order valence-corrected chi connectivity index (χ2v) is 4.88. The molecule has 0 spiro atoms. The third-order valence-corrected chi connectivity index (χ3v) is 2.56. The number of rotatable bonds is 6. The third-order valence-electron chi connectivity index (χ3n) is 2.56. The minimum atomic E-state index is -1.69. The van der Waals surface area contributed by atoms with E-state index >= 15 is 0 Å². The molecule has 0 saturated carbocycles. The summed E-state index contributed by atoms with van der Waals surface area (Å²) in [6, 6.07) is 5.39. The Kier molecular flexibility index (Phi) is 5.42. The fraction of sp³-hybridized carbons (Fsp3) is 0.267.